The van der Waals surface area contributed by atoms with E-state index in [1.165, 1.54) is 0 Å². The van der Waals surface area contributed by atoms with Crippen LogP contribution >= 0.6 is 0 Å². The molecule has 0 saturated carbocycles. The summed E-state index contributed by atoms with van der Waals surface area (Å²) in [5.41, 5.74) is 0.781. The third-order valence-electron chi connectivity index (χ3n) is 2.38. The van der Waals surface area contributed by atoms with Crippen LogP contribution in [0.2, 0.25) is 0 Å². The molecule has 1 aromatic carbocycles. The number of methoxy groups -OCH3 is 2. The second-order valence-electron chi connectivity index (χ2n) is 3.87. The molecule has 1 amide bonds. The molecule has 19 heavy (non-hydrogen) atoms. The van der Waals surface area contributed by atoms with E-state index in [-0.39, 0.29) is 6.54 Å². The summed E-state index contributed by atoms with van der Waals surface area (Å²) in [6.45, 7) is 1.38. The first-order chi connectivity index (χ1) is 9.15. The van der Waals surface area contributed by atoms with Crippen LogP contribution in [0.15, 0.2) is 18.2 Å². The Labute approximate surface area is 112 Å². The molecule has 1 rings (SSSR count). The third kappa shape index (κ3) is 5.96. The van der Waals surface area contributed by atoms with Crippen LogP contribution in [-0.4, -0.2) is 38.6 Å². The van der Waals surface area contributed by atoms with E-state index in [9.17, 15) is 4.79 Å². The Kier molecular flexibility index (Phi) is 6.52. The summed E-state index contributed by atoms with van der Waals surface area (Å²) in [6.07, 6.45) is -0.276. The van der Waals surface area contributed by atoms with Gasteiger partial charge in [0.05, 0.1) is 13.7 Å². The minimum Gasteiger partial charge on any atom is -0.497 e. The average Bonchev–Trinajstić information content (AvgIpc) is 2.41. The van der Waals surface area contributed by atoms with Gasteiger partial charge in [0.25, 0.3) is 0 Å². The number of benzene rings is 1. The van der Waals surface area contributed by atoms with Gasteiger partial charge in [0, 0.05) is 32.7 Å². The maximum absolute atomic E-state index is 10.5. The Hall–Kier alpha value is -1.95. The molecule has 0 heterocycles. The van der Waals surface area contributed by atoms with Crippen molar-refractivity contribution in [2.24, 2.45) is 0 Å². The predicted molar refractivity (Wildman–Crippen MR) is 69.8 cm³/mol. The number of hydrogen-bond donors (Lipinski definition) is 2. The van der Waals surface area contributed by atoms with Crippen molar-refractivity contribution in [2.45, 2.75) is 13.0 Å². The second-order valence-corrected chi connectivity index (χ2v) is 3.87. The summed E-state index contributed by atoms with van der Waals surface area (Å²) >= 11 is 0. The van der Waals surface area contributed by atoms with Crippen molar-refractivity contribution >= 4 is 6.09 Å². The molecule has 0 aliphatic carbocycles. The fourth-order valence-electron chi connectivity index (χ4n) is 1.50. The van der Waals surface area contributed by atoms with E-state index < -0.39 is 6.09 Å². The largest absolute Gasteiger partial charge is 0.497 e. The van der Waals surface area contributed by atoms with E-state index in [1.54, 1.807) is 32.4 Å². The highest BCUT2D eigenvalue weighted by Crippen LogP contribution is 2.22. The van der Waals surface area contributed by atoms with Gasteiger partial charge < -0.3 is 24.6 Å². The van der Waals surface area contributed by atoms with Crippen LogP contribution in [0.1, 0.15) is 12.0 Å². The summed E-state index contributed by atoms with van der Waals surface area (Å²) < 4.78 is 15.6. The molecule has 106 valence electrons. The molecule has 6 nitrogen and oxygen atoms in total. The Morgan fingerprint density at radius 3 is 2.58 bits per heavy atom. The fraction of sp³-hybridized carbons (Fsp3) is 0.462. The number of nitrogens with one attached hydrogen (secondary N) is 1. The van der Waals surface area contributed by atoms with Crippen molar-refractivity contribution in [3.8, 4) is 11.5 Å². The molecule has 0 unspecified atom stereocenters. The van der Waals surface area contributed by atoms with Crippen LogP contribution in [-0.2, 0) is 11.3 Å². The van der Waals surface area contributed by atoms with Gasteiger partial charge in [0.15, 0.2) is 0 Å². The summed E-state index contributed by atoms with van der Waals surface area (Å²) in [5.74, 6) is 1.28. The number of carboxylic acid groups (broad SMARTS) is 1. The van der Waals surface area contributed by atoms with Crippen molar-refractivity contribution < 1.29 is 24.1 Å². The molecule has 0 saturated heterocycles. The Morgan fingerprint density at radius 2 is 1.95 bits per heavy atom. The van der Waals surface area contributed by atoms with Gasteiger partial charge in [-0.2, -0.15) is 0 Å². The molecular formula is C13H19NO5. The lowest BCUT2D eigenvalue weighted by Gasteiger charge is -2.10. The predicted octanol–water partition coefficient (Wildman–Crippen LogP) is 1.88. The quantitative estimate of drug-likeness (QED) is 0.705. The highest BCUT2D eigenvalue weighted by Gasteiger charge is 2.04. The first-order valence-electron chi connectivity index (χ1n) is 5.92. The van der Waals surface area contributed by atoms with Crippen molar-refractivity contribution in [1.82, 2.24) is 5.32 Å². The molecule has 0 aliphatic rings. The van der Waals surface area contributed by atoms with E-state index in [4.69, 9.17) is 19.3 Å². The van der Waals surface area contributed by atoms with Gasteiger partial charge >= 0.3 is 6.09 Å². The Balaban J connectivity index is 2.63. The van der Waals surface area contributed by atoms with E-state index in [0.29, 0.717) is 24.7 Å². The van der Waals surface area contributed by atoms with E-state index >= 15 is 0 Å². The lowest BCUT2D eigenvalue weighted by molar-refractivity contribution is 0.172. The van der Waals surface area contributed by atoms with Crippen molar-refractivity contribution in [3.63, 3.8) is 0 Å². The van der Waals surface area contributed by atoms with Crippen LogP contribution in [0, 0.1) is 0 Å². The van der Waals surface area contributed by atoms with Gasteiger partial charge in [-0.25, -0.2) is 4.79 Å². The maximum atomic E-state index is 10.5. The Bertz CT molecular complexity index is 408. The molecule has 0 aromatic heterocycles. The van der Waals surface area contributed by atoms with Crippen molar-refractivity contribution in [2.75, 3.05) is 27.4 Å². The first-order valence-corrected chi connectivity index (χ1v) is 5.92. The van der Waals surface area contributed by atoms with Crippen molar-refractivity contribution in [3.05, 3.63) is 23.8 Å². The van der Waals surface area contributed by atoms with Crippen LogP contribution < -0.4 is 14.8 Å². The summed E-state index contributed by atoms with van der Waals surface area (Å²) in [5, 5.41) is 10.9. The molecule has 2 N–H and O–H groups in total. The maximum Gasteiger partial charge on any atom is 0.404 e. The minimum absolute atomic E-state index is 0.209. The van der Waals surface area contributed by atoms with Crippen molar-refractivity contribution in [1.29, 1.82) is 0 Å². The van der Waals surface area contributed by atoms with Crippen LogP contribution in [0.25, 0.3) is 0 Å². The molecule has 0 radical (unpaired) electrons. The number of amides is 1. The smallest absolute Gasteiger partial charge is 0.404 e. The standard InChI is InChI=1S/C13H19NO5/c1-17-4-3-5-19-12-7-10(9-14-13(15)16)6-11(8-12)18-2/h6-8,14H,3-5,9H2,1-2H3,(H,15,16). The van der Waals surface area contributed by atoms with Crippen LogP contribution in [0.3, 0.4) is 0 Å². The highest BCUT2D eigenvalue weighted by molar-refractivity contribution is 5.64. The summed E-state index contributed by atoms with van der Waals surface area (Å²) in [7, 11) is 3.19. The SMILES string of the molecule is COCCCOc1cc(CNC(=O)O)cc(OC)c1. The molecule has 0 aliphatic heterocycles. The lowest BCUT2D eigenvalue weighted by Crippen LogP contribution is -2.19. The zero-order chi connectivity index (χ0) is 14.1. The second kappa shape index (κ2) is 8.20. The molecule has 1 aromatic rings. The van der Waals surface area contributed by atoms with Gasteiger partial charge in [-0.05, 0) is 17.7 Å². The lowest BCUT2D eigenvalue weighted by atomic mass is 10.2. The molecule has 0 atom stereocenters. The molecule has 6 heteroatoms. The zero-order valence-electron chi connectivity index (χ0n) is 11.1. The Morgan fingerprint density at radius 1 is 1.21 bits per heavy atom. The fourth-order valence-corrected chi connectivity index (χ4v) is 1.50. The summed E-state index contributed by atoms with van der Waals surface area (Å²) in [6, 6.07) is 5.31. The zero-order valence-corrected chi connectivity index (χ0v) is 11.1. The van der Waals surface area contributed by atoms with E-state index in [1.807, 2.05) is 0 Å². The number of carbonyl (C=O) groups is 1. The highest BCUT2D eigenvalue weighted by atomic mass is 16.5. The number of hydrogen-bond acceptors (Lipinski definition) is 4. The van der Waals surface area contributed by atoms with Gasteiger partial charge in [-0.3, -0.25) is 0 Å². The third-order valence-corrected chi connectivity index (χ3v) is 2.38. The van der Waals surface area contributed by atoms with E-state index in [0.717, 1.165) is 12.0 Å². The first kappa shape index (κ1) is 15.1. The van der Waals surface area contributed by atoms with Gasteiger partial charge in [0.2, 0.25) is 0 Å². The van der Waals surface area contributed by atoms with E-state index in [2.05, 4.69) is 5.32 Å². The molecular weight excluding hydrogens is 250 g/mol. The van der Waals surface area contributed by atoms with Gasteiger partial charge in [0.1, 0.15) is 11.5 Å². The molecule has 0 fully saturated rings. The van der Waals surface area contributed by atoms with Gasteiger partial charge in [-0.15, -0.1) is 0 Å². The monoisotopic (exact) mass is 269 g/mol. The van der Waals surface area contributed by atoms with Gasteiger partial charge in [-0.1, -0.05) is 0 Å². The number of rotatable bonds is 8. The van der Waals surface area contributed by atoms with Crippen LogP contribution in [0.4, 0.5) is 4.79 Å². The topological polar surface area (TPSA) is 77.0 Å². The number of ether oxygens (including phenoxy) is 3. The minimum atomic E-state index is -1.06. The summed E-state index contributed by atoms with van der Waals surface area (Å²) in [4.78, 5) is 10.5. The molecule has 0 bridgehead atoms. The van der Waals surface area contributed by atoms with Crippen LogP contribution in [0.5, 0.6) is 11.5 Å². The normalized spacial score (nSPS) is 10.0. The molecule has 0 spiro atoms. The average molecular weight is 269 g/mol.